The lowest BCUT2D eigenvalue weighted by Gasteiger charge is -1.88. The van der Waals surface area contributed by atoms with Crippen LogP contribution in [0.1, 0.15) is 6.92 Å². The molecule has 0 aliphatic carbocycles. The summed E-state index contributed by atoms with van der Waals surface area (Å²) in [4.78, 5) is 10.6. The zero-order valence-corrected chi connectivity index (χ0v) is 7.91. The van der Waals surface area contributed by atoms with Gasteiger partial charge < -0.3 is 17.0 Å². The average molecular weight is 216 g/mol. The second-order valence-electron chi connectivity index (χ2n) is 2.25. The van der Waals surface area contributed by atoms with Crippen molar-refractivity contribution in [2.75, 3.05) is 0 Å². The van der Waals surface area contributed by atoms with Gasteiger partial charge >= 0.3 is 0 Å². The van der Waals surface area contributed by atoms with Crippen LogP contribution in [0.4, 0.5) is 0 Å². The number of aromatic nitrogens is 1. The van der Waals surface area contributed by atoms with E-state index in [2.05, 4.69) is 0 Å². The molecule has 0 bridgehead atoms. The van der Waals surface area contributed by atoms with Crippen LogP contribution < -0.4 is 21.5 Å². The van der Waals surface area contributed by atoms with Gasteiger partial charge in [0.2, 0.25) is 6.54 Å². The Morgan fingerprint density at radius 1 is 1.27 bits per heavy atom. The zero-order valence-electron chi connectivity index (χ0n) is 6.33. The number of pyridine rings is 1. The average Bonchev–Trinajstić information content (AvgIpc) is 1.88. The van der Waals surface area contributed by atoms with Gasteiger partial charge in [-0.2, -0.15) is 4.57 Å². The quantitative estimate of drug-likeness (QED) is 0.503. The Labute approximate surface area is 76.6 Å². The minimum atomic E-state index is 0. The molecule has 0 aliphatic heterocycles. The van der Waals surface area contributed by atoms with Gasteiger partial charge in [-0.15, -0.1) is 0 Å². The molecule has 1 rings (SSSR count). The van der Waals surface area contributed by atoms with Crippen LogP contribution in [-0.2, 0) is 11.3 Å². The molecule has 0 saturated heterocycles. The maximum atomic E-state index is 10.6. The summed E-state index contributed by atoms with van der Waals surface area (Å²) in [7, 11) is 0. The molecule has 0 amide bonds. The van der Waals surface area contributed by atoms with Crippen molar-refractivity contribution in [3.05, 3.63) is 30.6 Å². The van der Waals surface area contributed by atoms with Crippen molar-refractivity contribution in [3.8, 4) is 0 Å². The number of halogens is 1. The van der Waals surface area contributed by atoms with Crippen molar-refractivity contribution < 1.29 is 26.3 Å². The molecule has 1 heterocycles. The highest BCUT2D eigenvalue weighted by Gasteiger charge is 1.99. The van der Waals surface area contributed by atoms with Gasteiger partial charge in [-0.1, -0.05) is 6.07 Å². The van der Waals surface area contributed by atoms with Crippen LogP contribution in [0.3, 0.4) is 0 Å². The normalized spacial score (nSPS) is 8.45. The molecule has 1 aromatic rings. The summed E-state index contributed by atoms with van der Waals surface area (Å²) >= 11 is 0. The van der Waals surface area contributed by atoms with Crippen molar-refractivity contribution in [3.63, 3.8) is 0 Å². The number of carbonyl (C=O) groups excluding carboxylic acids is 1. The van der Waals surface area contributed by atoms with Crippen molar-refractivity contribution in [2.24, 2.45) is 0 Å². The summed E-state index contributed by atoms with van der Waals surface area (Å²) in [5, 5.41) is 0. The van der Waals surface area contributed by atoms with Gasteiger partial charge in [0.05, 0.1) is 0 Å². The van der Waals surface area contributed by atoms with Gasteiger partial charge in [0.1, 0.15) is 0 Å². The van der Waals surface area contributed by atoms with Crippen LogP contribution in [0.15, 0.2) is 30.6 Å². The maximum absolute atomic E-state index is 10.6. The Bertz CT molecular complexity index is 223. The number of rotatable bonds is 2. The van der Waals surface area contributed by atoms with Gasteiger partial charge in [0.25, 0.3) is 0 Å². The third kappa shape index (κ3) is 3.88. The number of hydrogen-bond acceptors (Lipinski definition) is 1. The minimum Gasteiger partial charge on any atom is -1.00 e. The fourth-order valence-electron chi connectivity index (χ4n) is 0.797. The molecule has 0 aromatic carbocycles. The van der Waals surface area contributed by atoms with E-state index in [1.54, 1.807) is 6.92 Å². The van der Waals surface area contributed by atoms with Crippen LogP contribution in [0, 0.1) is 0 Å². The van der Waals surface area contributed by atoms with E-state index in [9.17, 15) is 4.79 Å². The highest BCUT2D eigenvalue weighted by atomic mass is 79.9. The van der Waals surface area contributed by atoms with Gasteiger partial charge in [-0.25, -0.2) is 0 Å². The second kappa shape index (κ2) is 5.02. The predicted molar refractivity (Wildman–Crippen MR) is 37.3 cm³/mol. The molecule has 0 saturated carbocycles. The first-order chi connectivity index (χ1) is 4.79. The van der Waals surface area contributed by atoms with Crippen molar-refractivity contribution in [1.29, 1.82) is 0 Å². The van der Waals surface area contributed by atoms with Gasteiger partial charge in [-0.05, 0) is 0 Å². The Balaban J connectivity index is 0.000001000. The molecular weight excluding hydrogens is 206 g/mol. The molecular formula is C8H10BrNO. The molecule has 3 heteroatoms. The van der Waals surface area contributed by atoms with Crippen LogP contribution >= 0.6 is 0 Å². The lowest BCUT2D eigenvalue weighted by atomic mass is 10.4. The van der Waals surface area contributed by atoms with Gasteiger partial charge in [-0.3, -0.25) is 4.79 Å². The van der Waals surface area contributed by atoms with Crippen molar-refractivity contribution in [2.45, 2.75) is 13.5 Å². The number of ketones is 1. The monoisotopic (exact) mass is 215 g/mol. The Kier molecular flexibility index (Phi) is 4.70. The largest absolute Gasteiger partial charge is 1.00 e. The second-order valence-corrected chi connectivity index (χ2v) is 2.25. The molecule has 0 spiro atoms. The van der Waals surface area contributed by atoms with E-state index in [1.807, 2.05) is 35.2 Å². The number of carbonyl (C=O) groups is 1. The molecule has 0 radical (unpaired) electrons. The molecule has 11 heavy (non-hydrogen) atoms. The van der Waals surface area contributed by atoms with Crippen molar-refractivity contribution in [1.82, 2.24) is 0 Å². The summed E-state index contributed by atoms with van der Waals surface area (Å²) in [6.45, 7) is 2.06. The third-order valence-electron chi connectivity index (χ3n) is 1.18. The fraction of sp³-hybridized carbons (Fsp3) is 0.250. The maximum Gasteiger partial charge on any atom is 0.206 e. The first-order valence-corrected chi connectivity index (χ1v) is 3.22. The van der Waals surface area contributed by atoms with E-state index in [0.717, 1.165) is 0 Å². The molecule has 60 valence electrons. The summed E-state index contributed by atoms with van der Waals surface area (Å²) in [5.74, 6) is 0.177. The van der Waals surface area contributed by atoms with E-state index in [4.69, 9.17) is 0 Å². The zero-order chi connectivity index (χ0) is 7.40. The topological polar surface area (TPSA) is 20.9 Å². The van der Waals surface area contributed by atoms with E-state index >= 15 is 0 Å². The smallest absolute Gasteiger partial charge is 0.206 e. The Morgan fingerprint density at radius 3 is 2.27 bits per heavy atom. The fourth-order valence-corrected chi connectivity index (χ4v) is 0.797. The standard InChI is InChI=1S/C8H10NO.BrH/c1-8(10)7-9-5-3-2-4-6-9;/h2-6H,7H2,1H3;1H/q+1;/p-1. The van der Waals surface area contributed by atoms with Gasteiger partial charge in [0.15, 0.2) is 18.2 Å². The van der Waals surface area contributed by atoms with Crippen molar-refractivity contribution >= 4 is 5.78 Å². The molecule has 0 aliphatic rings. The summed E-state index contributed by atoms with van der Waals surface area (Å²) in [5.41, 5.74) is 0. The Hall–Kier alpha value is -0.700. The number of hydrogen-bond donors (Lipinski definition) is 0. The highest BCUT2D eigenvalue weighted by molar-refractivity contribution is 5.73. The number of nitrogens with zero attached hydrogens (tertiary/aromatic N) is 1. The van der Waals surface area contributed by atoms with E-state index in [-0.39, 0.29) is 22.8 Å². The van der Waals surface area contributed by atoms with Crippen LogP contribution in [-0.4, -0.2) is 5.78 Å². The third-order valence-corrected chi connectivity index (χ3v) is 1.18. The first kappa shape index (κ1) is 10.3. The summed E-state index contributed by atoms with van der Waals surface area (Å²) < 4.78 is 1.85. The lowest BCUT2D eigenvalue weighted by Crippen LogP contribution is -3.00. The summed E-state index contributed by atoms with van der Waals surface area (Å²) in [6.07, 6.45) is 3.75. The molecule has 1 aromatic heterocycles. The van der Waals surface area contributed by atoms with Crippen LogP contribution in [0.25, 0.3) is 0 Å². The predicted octanol–water partition coefficient (Wildman–Crippen LogP) is -2.43. The Morgan fingerprint density at radius 2 is 1.82 bits per heavy atom. The minimum absolute atomic E-state index is 0. The molecule has 0 atom stereocenters. The van der Waals surface area contributed by atoms with E-state index in [1.165, 1.54) is 0 Å². The molecule has 0 unspecified atom stereocenters. The first-order valence-electron chi connectivity index (χ1n) is 3.22. The van der Waals surface area contributed by atoms with E-state index in [0.29, 0.717) is 6.54 Å². The molecule has 0 fully saturated rings. The van der Waals surface area contributed by atoms with Gasteiger partial charge in [0, 0.05) is 19.1 Å². The van der Waals surface area contributed by atoms with Crippen LogP contribution in [0.5, 0.6) is 0 Å². The summed E-state index contributed by atoms with van der Waals surface area (Å²) in [6, 6.07) is 5.74. The van der Waals surface area contributed by atoms with E-state index < -0.39 is 0 Å². The lowest BCUT2D eigenvalue weighted by molar-refractivity contribution is -0.684. The number of Topliss-reactive ketones (excluding diaryl/α,β-unsaturated/α-hetero) is 1. The highest BCUT2D eigenvalue weighted by Crippen LogP contribution is 1.77. The SMILES string of the molecule is CC(=O)C[n+]1ccccc1.[Br-]. The van der Waals surface area contributed by atoms with Crippen LogP contribution in [0.2, 0.25) is 0 Å². The molecule has 2 nitrogen and oxygen atoms in total. The molecule has 0 N–H and O–H groups in total.